The number of hydrogen-bond acceptors (Lipinski definition) is 1. The van der Waals surface area contributed by atoms with Gasteiger partial charge in [-0.05, 0) is 86.4 Å². The van der Waals surface area contributed by atoms with Crippen molar-refractivity contribution in [2.75, 3.05) is 0 Å². The average Bonchev–Trinajstić information content (AvgIpc) is 2.90. The fraction of sp³-hybridized carbons (Fsp3) is 0.864. The van der Waals surface area contributed by atoms with Crippen LogP contribution in [-0.4, -0.2) is 0 Å². The van der Waals surface area contributed by atoms with Crippen molar-refractivity contribution in [3.63, 3.8) is 0 Å². The van der Waals surface area contributed by atoms with Crippen LogP contribution in [0.5, 0.6) is 0 Å². The lowest BCUT2D eigenvalue weighted by Crippen LogP contribution is -2.54. The molecule has 0 N–H and O–H groups in total. The zero-order valence-corrected chi connectivity index (χ0v) is 15.3. The van der Waals surface area contributed by atoms with Gasteiger partial charge in [0.05, 0.1) is 6.07 Å². The summed E-state index contributed by atoms with van der Waals surface area (Å²) in [6, 6.07) is 2.55. The maximum atomic E-state index is 9.56. The predicted octanol–water partition coefficient (Wildman–Crippen LogP) is 6.12. The van der Waals surface area contributed by atoms with Crippen LogP contribution in [0.1, 0.15) is 78.6 Å². The van der Waals surface area contributed by atoms with Gasteiger partial charge in [0.25, 0.3) is 0 Å². The second kappa shape index (κ2) is 5.37. The molecule has 0 aromatic heterocycles. The standard InChI is InChI=1S/C22H33N/c1-4-22-12-9-15(2)13-16(22)5-7-18-19-8-6-17(14-23)21(19,3)11-10-20(18)22/h6,15-16,18-20H,4-5,7-13H2,1-3H3/t15-,16+,18+,19+,20+,21-,22+/m1/s1. The van der Waals surface area contributed by atoms with E-state index in [-0.39, 0.29) is 5.41 Å². The van der Waals surface area contributed by atoms with E-state index in [9.17, 15) is 5.26 Å². The fourth-order valence-corrected chi connectivity index (χ4v) is 7.72. The minimum absolute atomic E-state index is 0.208. The van der Waals surface area contributed by atoms with Crippen LogP contribution in [0.2, 0.25) is 0 Å². The summed E-state index contributed by atoms with van der Waals surface area (Å²) in [6.45, 7) is 7.36. The quantitative estimate of drug-likeness (QED) is 0.572. The third-order valence-corrected chi connectivity index (χ3v) is 8.99. The lowest BCUT2D eigenvalue weighted by molar-refractivity contribution is -0.117. The number of nitrogens with zero attached hydrogens (tertiary/aromatic N) is 1. The maximum Gasteiger partial charge on any atom is 0.0949 e. The van der Waals surface area contributed by atoms with Crippen LogP contribution in [0.25, 0.3) is 0 Å². The van der Waals surface area contributed by atoms with Gasteiger partial charge in [-0.15, -0.1) is 0 Å². The molecule has 0 spiro atoms. The molecule has 0 radical (unpaired) electrons. The first-order chi connectivity index (χ1) is 11.0. The molecule has 3 saturated carbocycles. The summed E-state index contributed by atoms with van der Waals surface area (Å²) in [5.41, 5.74) is 1.97. The highest BCUT2D eigenvalue weighted by molar-refractivity contribution is 5.35. The minimum Gasteiger partial charge on any atom is -0.193 e. The van der Waals surface area contributed by atoms with Gasteiger partial charge in [0.1, 0.15) is 0 Å². The highest BCUT2D eigenvalue weighted by Gasteiger charge is 2.59. The van der Waals surface area contributed by atoms with Gasteiger partial charge >= 0.3 is 0 Å². The zero-order chi connectivity index (χ0) is 16.2. The Balaban J connectivity index is 1.66. The van der Waals surface area contributed by atoms with Crippen molar-refractivity contribution >= 4 is 0 Å². The van der Waals surface area contributed by atoms with Crippen molar-refractivity contribution < 1.29 is 0 Å². The second-order valence-corrected chi connectivity index (χ2v) is 9.54. The third-order valence-electron chi connectivity index (χ3n) is 8.99. The lowest BCUT2D eigenvalue weighted by atomic mass is 9.43. The van der Waals surface area contributed by atoms with Gasteiger partial charge in [-0.2, -0.15) is 5.26 Å². The van der Waals surface area contributed by atoms with E-state index < -0.39 is 0 Å². The van der Waals surface area contributed by atoms with Crippen LogP contribution in [-0.2, 0) is 0 Å². The first kappa shape index (κ1) is 15.7. The Bertz CT molecular complexity index is 555. The molecule has 0 aromatic rings. The molecule has 4 aliphatic rings. The summed E-state index contributed by atoms with van der Waals surface area (Å²) in [4.78, 5) is 0. The molecule has 0 unspecified atom stereocenters. The highest BCUT2D eigenvalue weighted by Crippen LogP contribution is 2.67. The van der Waals surface area contributed by atoms with Gasteiger partial charge in [-0.1, -0.05) is 33.3 Å². The zero-order valence-electron chi connectivity index (χ0n) is 15.3. The molecule has 4 aliphatic carbocycles. The molecule has 23 heavy (non-hydrogen) atoms. The van der Waals surface area contributed by atoms with Gasteiger partial charge in [0.15, 0.2) is 0 Å². The van der Waals surface area contributed by atoms with Gasteiger partial charge in [-0.25, -0.2) is 0 Å². The molecule has 0 saturated heterocycles. The SMILES string of the molecule is CC[C@]12CC[C@@H](C)C[C@@H]1CC[C@@H]1[C@@H]2CC[C@]2(C)C(C#N)=CC[C@@H]12. The Morgan fingerprint density at radius 3 is 2.74 bits per heavy atom. The van der Waals surface area contributed by atoms with Crippen molar-refractivity contribution in [1.29, 1.82) is 5.26 Å². The van der Waals surface area contributed by atoms with Crippen molar-refractivity contribution in [1.82, 2.24) is 0 Å². The van der Waals surface area contributed by atoms with Crippen LogP contribution in [0.15, 0.2) is 11.6 Å². The molecular weight excluding hydrogens is 278 g/mol. The molecule has 1 nitrogen and oxygen atoms in total. The first-order valence-corrected chi connectivity index (χ1v) is 10.2. The largest absolute Gasteiger partial charge is 0.193 e. The summed E-state index contributed by atoms with van der Waals surface area (Å²) in [7, 11) is 0. The average molecular weight is 312 g/mol. The van der Waals surface area contributed by atoms with Gasteiger partial charge in [0.2, 0.25) is 0 Å². The molecule has 3 fully saturated rings. The third kappa shape index (κ3) is 2.03. The molecule has 1 heteroatoms. The van der Waals surface area contributed by atoms with Crippen molar-refractivity contribution in [3.05, 3.63) is 11.6 Å². The topological polar surface area (TPSA) is 23.8 Å². The molecule has 126 valence electrons. The van der Waals surface area contributed by atoms with E-state index in [1.165, 1.54) is 57.8 Å². The number of fused-ring (bicyclic) bond motifs is 5. The summed E-state index contributed by atoms with van der Waals surface area (Å²) in [5, 5.41) is 9.56. The summed E-state index contributed by atoms with van der Waals surface area (Å²) in [5.74, 6) is 4.54. The van der Waals surface area contributed by atoms with E-state index in [1.807, 2.05) is 0 Å². The van der Waals surface area contributed by atoms with Gasteiger partial charge in [0, 0.05) is 11.0 Å². The van der Waals surface area contributed by atoms with Gasteiger partial charge in [-0.3, -0.25) is 0 Å². The first-order valence-electron chi connectivity index (χ1n) is 10.2. The Morgan fingerprint density at radius 1 is 1.17 bits per heavy atom. The normalized spacial score (nSPS) is 51.9. The molecule has 0 heterocycles. The van der Waals surface area contributed by atoms with Crippen LogP contribution >= 0.6 is 0 Å². The minimum atomic E-state index is 0.208. The highest BCUT2D eigenvalue weighted by atomic mass is 14.6. The molecule has 4 rings (SSSR count). The summed E-state index contributed by atoms with van der Waals surface area (Å²) < 4.78 is 0. The van der Waals surface area contributed by atoms with E-state index in [0.717, 1.165) is 35.2 Å². The Morgan fingerprint density at radius 2 is 2.00 bits per heavy atom. The molecule has 0 aromatic carbocycles. The maximum absolute atomic E-state index is 9.56. The predicted molar refractivity (Wildman–Crippen MR) is 94.6 cm³/mol. The lowest BCUT2D eigenvalue weighted by Gasteiger charge is -2.61. The Labute approximate surface area is 142 Å². The molecule has 0 amide bonds. The van der Waals surface area contributed by atoms with E-state index in [2.05, 4.69) is 32.9 Å². The van der Waals surface area contributed by atoms with Crippen molar-refractivity contribution in [2.24, 2.45) is 40.4 Å². The van der Waals surface area contributed by atoms with Crippen LogP contribution < -0.4 is 0 Å². The number of allylic oxidation sites excluding steroid dienone is 2. The smallest absolute Gasteiger partial charge is 0.0949 e. The Kier molecular flexibility index (Phi) is 3.67. The summed E-state index contributed by atoms with van der Waals surface area (Å²) >= 11 is 0. The summed E-state index contributed by atoms with van der Waals surface area (Å²) in [6.07, 6.45) is 14.9. The molecule has 7 atom stereocenters. The van der Waals surface area contributed by atoms with E-state index in [0.29, 0.717) is 5.41 Å². The number of rotatable bonds is 1. The van der Waals surface area contributed by atoms with Gasteiger partial charge < -0.3 is 0 Å². The van der Waals surface area contributed by atoms with Crippen LogP contribution in [0.3, 0.4) is 0 Å². The van der Waals surface area contributed by atoms with E-state index in [4.69, 9.17) is 0 Å². The van der Waals surface area contributed by atoms with Crippen molar-refractivity contribution in [3.8, 4) is 6.07 Å². The number of hydrogen-bond donors (Lipinski definition) is 0. The van der Waals surface area contributed by atoms with Crippen molar-refractivity contribution in [2.45, 2.75) is 78.6 Å². The second-order valence-electron chi connectivity index (χ2n) is 9.54. The van der Waals surface area contributed by atoms with E-state index >= 15 is 0 Å². The Hall–Kier alpha value is -0.770. The monoisotopic (exact) mass is 311 g/mol. The molecular formula is C22H33N. The molecule has 0 bridgehead atoms. The number of nitriles is 1. The van der Waals surface area contributed by atoms with Crippen LogP contribution in [0, 0.1) is 51.8 Å². The van der Waals surface area contributed by atoms with E-state index in [1.54, 1.807) is 0 Å². The molecule has 0 aliphatic heterocycles. The van der Waals surface area contributed by atoms with Crippen LogP contribution in [0.4, 0.5) is 0 Å². The fourth-order valence-electron chi connectivity index (χ4n) is 7.72.